The zero-order valence-electron chi connectivity index (χ0n) is 10.6. The van der Waals surface area contributed by atoms with Crippen molar-refractivity contribution in [3.63, 3.8) is 0 Å². The lowest BCUT2D eigenvalue weighted by atomic mass is 10.00. The van der Waals surface area contributed by atoms with Crippen LogP contribution in [0, 0.1) is 23.1 Å². The molecule has 1 N–H and O–H groups in total. The molecule has 1 saturated heterocycles. The highest BCUT2D eigenvalue weighted by atomic mass is 19.1. The molecule has 4 nitrogen and oxygen atoms in total. The van der Waals surface area contributed by atoms with E-state index in [0.717, 1.165) is 19.4 Å². The Kier molecular flexibility index (Phi) is 4.48. The van der Waals surface area contributed by atoms with E-state index < -0.39 is 0 Å². The first-order valence-corrected chi connectivity index (χ1v) is 6.35. The summed E-state index contributed by atoms with van der Waals surface area (Å²) in [7, 11) is 0. The lowest BCUT2D eigenvalue weighted by Gasteiger charge is -2.28. The average Bonchev–Trinajstić information content (AvgIpc) is 2.38. The molecule has 0 aromatic heterocycles. The summed E-state index contributed by atoms with van der Waals surface area (Å²) < 4.78 is 13.0. The maximum absolute atomic E-state index is 13.0. The fourth-order valence-electron chi connectivity index (χ4n) is 2.27. The quantitative estimate of drug-likeness (QED) is 0.905. The Morgan fingerprint density at radius 1 is 1.58 bits per heavy atom. The zero-order chi connectivity index (χ0) is 13.7. The average molecular weight is 261 g/mol. The third-order valence-corrected chi connectivity index (χ3v) is 3.16. The van der Waals surface area contributed by atoms with E-state index in [2.05, 4.69) is 11.4 Å². The van der Waals surface area contributed by atoms with Gasteiger partial charge in [-0.15, -0.1) is 0 Å². The Morgan fingerprint density at radius 2 is 2.42 bits per heavy atom. The molecular formula is C14H16FN3O. The molecule has 1 amide bonds. The van der Waals surface area contributed by atoms with Crippen molar-refractivity contribution in [1.82, 2.24) is 4.90 Å². The first-order chi connectivity index (χ1) is 9.17. The lowest BCUT2D eigenvalue weighted by Crippen LogP contribution is -2.40. The van der Waals surface area contributed by atoms with Gasteiger partial charge in [-0.25, -0.2) is 4.39 Å². The predicted octanol–water partition coefficient (Wildman–Crippen LogP) is 2.00. The molecule has 5 heteroatoms. The highest BCUT2D eigenvalue weighted by Crippen LogP contribution is 2.15. The molecule has 1 unspecified atom stereocenters. The summed E-state index contributed by atoms with van der Waals surface area (Å²) in [5.41, 5.74) is 0.457. The van der Waals surface area contributed by atoms with Gasteiger partial charge in [-0.05, 0) is 37.6 Å². The molecule has 1 aliphatic heterocycles. The fourth-order valence-corrected chi connectivity index (χ4v) is 2.27. The van der Waals surface area contributed by atoms with Gasteiger partial charge in [0.25, 0.3) is 0 Å². The van der Waals surface area contributed by atoms with Crippen LogP contribution >= 0.6 is 0 Å². The molecule has 19 heavy (non-hydrogen) atoms. The molecule has 0 aliphatic carbocycles. The van der Waals surface area contributed by atoms with Crippen LogP contribution in [0.25, 0.3) is 0 Å². The van der Waals surface area contributed by atoms with E-state index in [1.165, 1.54) is 12.1 Å². The van der Waals surface area contributed by atoms with E-state index in [1.807, 2.05) is 4.90 Å². The number of anilines is 1. The van der Waals surface area contributed by atoms with Crippen LogP contribution in [0.4, 0.5) is 10.1 Å². The smallest absolute Gasteiger partial charge is 0.238 e. The van der Waals surface area contributed by atoms with Crippen molar-refractivity contribution in [1.29, 1.82) is 5.26 Å². The fraction of sp³-hybridized carbons (Fsp3) is 0.429. The molecule has 0 spiro atoms. The number of likely N-dealkylation sites (tertiary alicyclic amines) is 1. The Balaban J connectivity index is 1.86. The normalized spacial score (nSPS) is 19.7. The Hall–Kier alpha value is -1.93. The van der Waals surface area contributed by atoms with Crippen molar-refractivity contribution in [3.05, 3.63) is 30.1 Å². The third kappa shape index (κ3) is 4.04. The van der Waals surface area contributed by atoms with Gasteiger partial charge in [0.05, 0.1) is 18.5 Å². The first-order valence-electron chi connectivity index (χ1n) is 6.35. The summed E-state index contributed by atoms with van der Waals surface area (Å²) >= 11 is 0. The topological polar surface area (TPSA) is 56.1 Å². The number of amides is 1. The van der Waals surface area contributed by atoms with Gasteiger partial charge < -0.3 is 5.32 Å². The second-order valence-electron chi connectivity index (χ2n) is 4.76. The van der Waals surface area contributed by atoms with Crippen molar-refractivity contribution in [2.45, 2.75) is 12.8 Å². The molecule has 2 rings (SSSR count). The van der Waals surface area contributed by atoms with Gasteiger partial charge >= 0.3 is 0 Å². The maximum Gasteiger partial charge on any atom is 0.238 e. The number of rotatable bonds is 3. The van der Waals surface area contributed by atoms with Crippen LogP contribution in [0.5, 0.6) is 0 Å². The largest absolute Gasteiger partial charge is 0.325 e. The Labute approximate surface area is 111 Å². The van der Waals surface area contributed by atoms with Crippen LogP contribution < -0.4 is 5.32 Å². The maximum atomic E-state index is 13.0. The van der Waals surface area contributed by atoms with Crippen molar-refractivity contribution in [2.75, 3.05) is 25.0 Å². The molecule has 1 heterocycles. The molecule has 0 radical (unpaired) electrons. The van der Waals surface area contributed by atoms with Crippen molar-refractivity contribution in [2.24, 2.45) is 5.92 Å². The number of piperidine rings is 1. The molecule has 1 atom stereocenters. The van der Waals surface area contributed by atoms with Crippen LogP contribution in [-0.2, 0) is 4.79 Å². The molecule has 0 bridgehead atoms. The number of nitrogens with zero attached hydrogens (tertiary/aromatic N) is 2. The van der Waals surface area contributed by atoms with Crippen molar-refractivity contribution < 1.29 is 9.18 Å². The van der Waals surface area contributed by atoms with E-state index in [-0.39, 0.29) is 24.2 Å². The predicted molar refractivity (Wildman–Crippen MR) is 69.8 cm³/mol. The number of benzene rings is 1. The van der Waals surface area contributed by atoms with E-state index in [4.69, 9.17) is 5.26 Å². The van der Waals surface area contributed by atoms with Crippen LogP contribution in [0.1, 0.15) is 12.8 Å². The number of hydrogen-bond acceptors (Lipinski definition) is 3. The third-order valence-electron chi connectivity index (χ3n) is 3.16. The van der Waals surface area contributed by atoms with Gasteiger partial charge in [0.2, 0.25) is 5.91 Å². The first kappa shape index (κ1) is 13.5. The van der Waals surface area contributed by atoms with E-state index in [9.17, 15) is 9.18 Å². The molecule has 100 valence electrons. The molecule has 1 fully saturated rings. The van der Waals surface area contributed by atoms with Gasteiger partial charge in [0.15, 0.2) is 0 Å². The van der Waals surface area contributed by atoms with E-state index in [1.54, 1.807) is 12.1 Å². The van der Waals surface area contributed by atoms with Gasteiger partial charge in [-0.2, -0.15) is 5.26 Å². The van der Waals surface area contributed by atoms with Crippen molar-refractivity contribution >= 4 is 11.6 Å². The number of nitriles is 1. The summed E-state index contributed by atoms with van der Waals surface area (Å²) in [6, 6.07) is 8.06. The minimum absolute atomic E-state index is 0.00993. The van der Waals surface area contributed by atoms with Crippen LogP contribution in [0.15, 0.2) is 24.3 Å². The monoisotopic (exact) mass is 261 g/mol. The van der Waals surface area contributed by atoms with Gasteiger partial charge in [-0.3, -0.25) is 9.69 Å². The number of hydrogen-bond donors (Lipinski definition) is 1. The summed E-state index contributed by atoms with van der Waals surface area (Å²) in [5, 5.41) is 11.5. The van der Waals surface area contributed by atoms with E-state index >= 15 is 0 Å². The summed E-state index contributed by atoms with van der Waals surface area (Å²) in [6.07, 6.45) is 1.84. The minimum Gasteiger partial charge on any atom is -0.325 e. The molecule has 0 saturated carbocycles. The molecular weight excluding hydrogens is 245 g/mol. The second-order valence-corrected chi connectivity index (χ2v) is 4.76. The Bertz CT molecular complexity index is 498. The SMILES string of the molecule is N#CC1CCCN(CC(=O)Nc2cccc(F)c2)C1. The number of carbonyl (C=O) groups is 1. The van der Waals surface area contributed by atoms with E-state index in [0.29, 0.717) is 12.2 Å². The summed E-state index contributed by atoms with van der Waals surface area (Å²) in [4.78, 5) is 13.8. The van der Waals surface area contributed by atoms with Gasteiger partial charge in [0.1, 0.15) is 5.82 Å². The summed E-state index contributed by atoms with van der Waals surface area (Å²) in [6.45, 7) is 1.70. The number of nitrogens with one attached hydrogen (secondary N) is 1. The summed E-state index contributed by atoms with van der Waals surface area (Å²) in [5.74, 6) is -0.541. The van der Waals surface area contributed by atoms with Crippen molar-refractivity contribution in [3.8, 4) is 6.07 Å². The van der Waals surface area contributed by atoms with Crippen LogP contribution in [0.3, 0.4) is 0 Å². The van der Waals surface area contributed by atoms with Gasteiger partial charge in [-0.1, -0.05) is 6.07 Å². The number of halogens is 1. The zero-order valence-corrected chi connectivity index (χ0v) is 10.6. The standard InChI is InChI=1S/C14H16FN3O/c15-12-4-1-5-13(7-12)17-14(19)10-18-6-2-3-11(8-16)9-18/h1,4-5,7,11H,2-3,6,9-10H2,(H,17,19). The van der Waals surface area contributed by atoms with Crippen LogP contribution in [-0.4, -0.2) is 30.4 Å². The molecule has 1 aromatic rings. The molecule has 1 aromatic carbocycles. The highest BCUT2D eigenvalue weighted by Gasteiger charge is 2.21. The minimum atomic E-state index is -0.375. The second kappa shape index (κ2) is 6.30. The van der Waals surface area contributed by atoms with Gasteiger partial charge in [0, 0.05) is 12.2 Å². The number of carbonyl (C=O) groups excluding carboxylic acids is 1. The highest BCUT2D eigenvalue weighted by molar-refractivity contribution is 5.92. The lowest BCUT2D eigenvalue weighted by molar-refractivity contribution is -0.117. The Morgan fingerprint density at radius 3 is 3.16 bits per heavy atom. The van der Waals surface area contributed by atoms with Crippen LogP contribution in [0.2, 0.25) is 0 Å². The molecule has 1 aliphatic rings.